The molecule has 0 bridgehead atoms. The molecule has 2 N–H and O–H groups in total. The molecule has 2 aromatic carbocycles. The summed E-state index contributed by atoms with van der Waals surface area (Å²) in [6.07, 6.45) is -4.00. The molecule has 0 spiro atoms. The van der Waals surface area contributed by atoms with E-state index in [9.17, 15) is 21.6 Å². The van der Waals surface area contributed by atoms with E-state index in [4.69, 9.17) is 9.88 Å². The van der Waals surface area contributed by atoms with E-state index < -0.39 is 26.7 Å². The first kappa shape index (κ1) is 22.4. The monoisotopic (exact) mass is 443 g/mol. The molecule has 0 saturated carbocycles. The number of sulfonamides is 1. The lowest BCUT2D eigenvalue weighted by molar-refractivity contribution is -0.137. The van der Waals surface area contributed by atoms with Gasteiger partial charge in [0, 0.05) is 38.4 Å². The molecule has 1 aliphatic rings. The topological polar surface area (TPSA) is 75.9 Å². The van der Waals surface area contributed by atoms with Crippen LogP contribution in [0.5, 0.6) is 5.75 Å². The molecule has 1 fully saturated rings. The minimum absolute atomic E-state index is 0.0267. The third-order valence-corrected chi connectivity index (χ3v) is 6.01. The van der Waals surface area contributed by atoms with Gasteiger partial charge < -0.3 is 9.64 Å². The van der Waals surface area contributed by atoms with E-state index in [1.54, 1.807) is 12.0 Å². The number of nitrogens with zero attached hydrogens (tertiary/aromatic N) is 2. The number of nitrogens with two attached hydrogens (primary N) is 1. The number of hydrogen-bond donors (Lipinski definition) is 1. The van der Waals surface area contributed by atoms with E-state index in [1.165, 1.54) is 6.07 Å². The Kier molecular flexibility index (Phi) is 6.59. The zero-order valence-electron chi connectivity index (χ0n) is 16.5. The molecular formula is C20H24F3N3O3S. The van der Waals surface area contributed by atoms with E-state index in [-0.39, 0.29) is 5.69 Å². The van der Waals surface area contributed by atoms with E-state index in [0.717, 1.165) is 23.9 Å². The number of methoxy groups -OCH3 is 1. The summed E-state index contributed by atoms with van der Waals surface area (Å²) in [5.41, 5.74) is 0.0802. The van der Waals surface area contributed by atoms with Crippen LogP contribution >= 0.6 is 0 Å². The Hall–Kier alpha value is -2.30. The first-order chi connectivity index (χ1) is 14.1. The summed E-state index contributed by atoms with van der Waals surface area (Å²) >= 11 is 0. The first-order valence-electron chi connectivity index (χ1n) is 9.42. The maximum absolute atomic E-state index is 13.6. The van der Waals surface area contributed by atoms with Crippen LogP contribution in [-0.2, 0) is 22.7 Å². The van der Waals surface area contributed by atoms with Crippen molar-refractivity contribution in [1.29, 1.82) is 0 Å². The van der Waals surface area contributed by atoms with Crippen LogP contribution in [0.3, 0.4) is 0 Å². The standard InChI is InChI=1S/C20H24F3N3O3S/c1-29-16-5-3-15(4-6-16)14-25-9-2-10-26(12-11-25)19-8-7-17(30(24,27)28)13-18(19)20(21,22)23/h3-8,13H,2,9-12,14H2,1H3,(H2,24,27,28). The lowest BCUT2D eigenvalue weighted by Gasteiger charge is -2.27. The Bertz CT molecular complexity index is 979. The molecule has 0 unspecified atom stereocenters. The van der Waals surface area contributed by atoms with Crippen molar-refractivity contribution in [3.63, 3.8) is 0 Å². The third-order valence-electron chi connectivity index (χ3n) is 5.10. The minimum Gasteiger partial charge on any atom is -0.497 e. The second-order valence-electron chi connectivity index (χ2n) is 7.19. The zero-order valence-corrected chi connectivity index (χ0v) is 17.3. The maximum atomic E-state index is 13.6. The molecule has 2 aromatic rings. The van der Waals surface area contributed by atoms with Crippen LogP contribution in [0.4, 0.5) is 18.9 Å². The molecule has 1 aliphatic heterocycles. The van der Waals surface area contributed by atoms with Gasteiger partial charge in [-0.1, -0.05) is 12.1 Å². The van der Waals surface area contributed by atoms with Crippen molar-refractivity contribution in [2.24, 2.45) is 5.14 Å². The van der Waals surface area contributed by atoms with Crippen molar-refractivity contribution < 1.29 is 26.3 Å². The Morgan fingerprint density at radius 3 is 2.33 bits per heavy atom. The van der Waals surface area contributed by atoms with Crippen LogP contribution in [0.1, 0.15) is 17.5 Å². The second-order valence-corrected chi connectivity index (χ2v) is 8.75. The predicted molar refractivity (Wildman–Crippen MR) is 108 cm³/mol. The van der Waals surface area contributed by atoms with Crippen LogP contribution in [-0.4, -0.2) is 46.6 Å². The number of ether oxygens (including phenoxy) is 1. The average molecular weight is 443 g/mol. The van der Waals surface area contributed by atoms with Crippen molar-refractivity contribution in [3.8, 4) is 5.75 Å². The van der Waals surface area contributed by atoms with E-state index in [1.807, 2.05) is 24.3 Å². The van der Waals surface area contributed by atoms with Gasteiger partial charge in [0.1, 0.15) is 5.75 Å². The van der Waals surface area contributed by atoms with Gasteiger partial charge in [-0.3, -0.25) is 4.90 Å². The molecule has 0 amide bonds. The van der Waals surface area contributed by atoms with Crippen LogP contribution < -0.4 is 14.8 Å². The molecule has 0 radical (unpaired) electrons. The number of primary sulfonamides is 1. The van der Waals surface area contributed by atoms with Crippen molar-refractivity contribution in [3.05, 3.63) is 53.6 Å². The average Bonchev–Trinajstić information content (AvgIpc) is 2.92. The summed E-state index contributed by atoms with van der Waals surface area (Å²) in [4.78, 5) is 3.30. The highest BCUT2D eigenvalue weighted by Gasteiger charge is 2.36. The SMILES string of the molecule is COc1ccc(CN2CCCN(c3ccc(S(N)(=O)=O)cc3C(F)(F)F)CC2)cc1. The number of hydrogen-bond acceptors (Lipinski definition) is 5. The Morgan fingerprint density at radius 1 is 1.03 bits per heavy atom. The molecule has 0 atom stereocenters. The predicted octanol–water partition coefficient (Wildman–Crippen LogP) is 3.07. The summed E-state index contributed by atoms with van der Waals surface area (Å²) in [5.74, 6) is 0.767. The van der Waals surface area contributed by atoms with Gasteiger partial charge in [-0.05, 0) is 42.3 Å². The number of rotatable bonds is 5. The highest BCUT2D eigenvalue weighted by molar-refractivity contribution is 7.89. The fourth-order valence-corrected chi connectivity index (χ4v) is 4.09. The van der Waals surface area contributed by atoms with Crippen molar-refractivity contribution in [1.82, 2.24) is 4.90 Å². The van der Waals surface area contributed by atoms with Crippen molar-refractivity contribution in [2.75, 3.05) is 38.2 Å². The van der Waals surface area contributed by atoms with Crippen LogP contribution in [0, 0.1) is 0 Å². The summed E-state index contributed by atoms with van der Waals surface area (Å²) in [7, 11) is -2.62. The lowest BCUT2D eigenvalue weighted by atomic mass is 10.1. The highest BCUT2D eigenvalue weighted by atomic mass is 32.2. The largest absolute Gasteiger partial charge is 0.497 e. The summed E-state index contributed by atoms with van der Waals surface area (Å²) in [5, 5.41) is 5.01. The second kappa shape index (κ2) is 8.83. The molecule has 10 heteroatoms. The molecule has 164 valence electrons. The quantitative estimate of drug-likeness (QED) is 0.769. The normalized spacial score (nSPS) is 16.4. The lowest BCUT2D eigenvalue weighted by Crippen LogP contribution is -2.32. The molecule has 30 heavy (non-hydrogen) atoms. The number of benzene rings is 2. The van der Waals surface area contributed by atoms with Gasteiger partial charge in [-0.2, -0.15) is 13.2 Å². The van der Waals surface area contributed by atoms with Gasteiger partial charge in [0.15, 0.2) is 0 Å². The van der Waals surface area contributed by atoms with Crippen LogP contribution in [0.15, 0.2) is 47.4 Å². The zero-order chi connectivity index (χ0) is 21.9. The van der Waals surface area contributed by atoms with Crippen molar-refractivity contribution in [2.45, 2.75) is 24.0 Å². The smallest absolute Gasteiger partial charge is 0.418 e. The van der Waals surface area contributed by atoms with Gasteiger partial charge in [0.2, 0.25) is 10.0 Å². The molecule has 0 aliphatic carbocycles. The maximum Gasteiger partial charge on any atom is 0.418 e. The van der Waals surface area contributed by atoms with Gasteiger partial charge in [0.25, 0.3) is 0 Å². The molecular weight excluding hydrogens is 419 g/mol. The van der Waals surface area contributed by atoms with Crippen LogP contribution in [0.25, 0.3) is 0 Å². The number of alkyl halides is 3. The molecule has 6 nitrogen and oxygen atoms in total. The Morgan fingerprint density at radius 2 is 1.73 bits per heavy atom. The van der Waals surface area contributed by atoms with E-state index in [0.29, 0.717) is 38.7 Å². The Balaban J connectivity index is 1.77. The van der Waals surface area contributed by atoms with Gasteiger partial charge in [-0.25, -0.2) is 13.6 Å². The van der Waals surface area contributed by atoms with Gasteiger partial charge >= 0.3 is 6.18 Å². The fraction of sp³-hybridized carbons (Fsp3) is 0.400. The summed E-state index contributed by atoms with van der Waals surface area (Å²) < 4.78 is 69.0. The molecule has 1 heterocycles. The third kappa shape index (κ3) is 5.44. The number of anilines is 1. The van der Waals surface area contributed by atoms with E-state index >= 15 is 0 Å². The molecule has 1 saturated heterocycles. The van der Waals surface area contributed by atoms with Crippen LogP contribution in [0.2, 0.25) is 0 Å². The number of halogens is 3. The van der Waals surface area contributed by atoms with Crippen molar-refractivity contribution >= 4 is 15.7 Å². The van der Waals surface area contributed by atoms with Gasteiger partial charge in [0.05, 0.1) is 17.6 Å². The highest BCUT2D eigenvalue weighted by Crippen LogP contribution is 2.38. The summed E-state index contributed by atoms with van der Waals surface area (Å²) in [6, 6.07) is 10.6. The fourth-order valence-electron chi connectivity index (χ4n) is 3.55. The molecule has 0 aromatic heterocycles. The summed E-state index contributed by atoms with van der Waals surface area (Å²) in [6.45, 7) is 2.86. The van der Waals surface area contributed by atoms with E-state index in [2.05, 4.69) is 4.90 Å². The first-order valence-corrected chi connectivity index (χ1v) is 11.0. The Labute approximate surface area is 174 Å². The van der Waals surface area contributed by atoms with Gasteiger partial charge in [-0.15, -0.1) is 0 Å². The molecule has 3 rings (SSSR count). The minimum atomic E-state index is -4.69.